The highest BCUT2D eigenvalue weighted by atomic mass is 32.2. The molecule has 3 N–H and O–H groups in total. The number of alkyl halides is 3. The average molecular weight is 421 g/mol. The lowest BCUT2D eigenvalue weighted by Gasteiger charge is -2.29. The zero-order valence-electron chi connectivity index (χ0n) is 16.3. The summed E-state index contributed by atoms with van der Waals surface area (Å²) in [5.41, 5.74) is 5.07. The molecule has 0 aromatic heterocycles. The monoisotopic (exact) mass is 420 g/mol. The molecule has 1 aromatic rings. The van der Waals surface area contributed by atoms with Crippen LogP contribution in [-0.4, -0.2) is 20.5 Å². The number of unbranched alkanes of at least 4 members (excludes halogenated alkanes) is 1. The van der Waals surface area contributed by atoms with Crippen LogP contribution in [-0.2, 0) is 16.2 Å². The first-order chi connectivity index (χ1) is 13.1. The molecule has 0 saturated heterocycles. The van der Waals surface area contributed by atoms with Gasteiger partial charge in [-0.15, -0.1) is 0 Å². The van der Waals surface area contributed by atoms with Crippen molar-refractivity contribution in [2.24, 2.45) is 11.7 Å². The molecule has 4 nitrogen and oxygen atoms in total. The molecule has 1 aliphatic rings. The van der Waals surface area contributed by atoms with Gasteiger partial charge in [-0.25, -0.2) is 13.1 Å². The van der Waals surface area contributed by atoms with E-state index in [4.69, 9.17) is 5.73 Å². The average Bonchev–Trinajstić information content (AvgIpc) is 2.65. The fourth-order valence-corrected chi connectivity index (χ4v) is 5.03. The lowest BCUT2D eigenvalue weighted by molar-refractivity contribution is -0.137. The molecule has 1 aromatic carbocycles. The van der Waals surface area contributed by atoms with E-state index in [1.807, 2.05) is 0 Å². The van der Waals surface area contributed by atoms with E-state index >= 15 is 0 Å². The number of nitrogens with one attached hydrogen (secondary N) is 1. The number of hydrogen-bond donors (Lipinski definition) is 2. The van der Waals surface area contributed by atoms with E-state index in [9.17, 15) is 21.6 Å². The number of benzene rings is 1. The molecule has 1 fully saturated rings. The van der Waals surface area contributed by atoms with Crippen LogP contribution in [0.2, 0.25) is 0 Å². The molecule has 0 amide bonds. The van der Waals surface area contributed by atoms with Crippen LogP contribution in [0, 0.1) is 5.92 Å². The largest absolute Gasteiger partial charge is 0.416 e. The van der Waals surface area contributed by atoms with Gasteiger partial charge in [0.1, 0.15) is 0 Å². The van der Waals surface area contributed by atoms with Crippen LogP contribution in [0.1, 0.15) is 70.3 Å². The van der Waals surface area contributed by atoms with Crippen molar-refractivity contribution in [2.75, 3.05) is 0 Å². The first kappa shape index (κ1) is 23.2. The zero-order valence-corrected chi connectivity index (χ0v) is 17.2. The molecule has 0 bridgehead atoms. The lowest BCUT2D eigenvalue weighted by atomic mass is 9.83. The van der Waals surface area contributed by atoms with Crippen molar-refractivity contribution >= 4 is 10.0 Å². The van der Waals surface area contributed by atoms with Crippen LogP contribution < -0.4 is 10.5 Å². The van der Waals surface area contributed by atoms with Crippen LogP contribution in [0.3, 0.4) is 0 Å². The van der Waals surface area contributed by atoms with Gasteiger partial charge in [-0.1, -0.05) is 26.2 Å². The van der Waals surface area contributed by atoms with Gasteiger partial charge in [-0.3, -0.25) is 0 Å². The third-order valence-corrected chi connectivity index (χ3v) is 7.16. The highest BCUT2D eigenvalue weighted by Gasteiger charge is 2.31. The third kappa shape index (κ3) is 7.04. The van der Waals surface area contributed by atoms with E-state index < -0.39 is 21.8 Å². The summed E-state index contributed by atoms with van der Waals surface area (Å²) in [5.74, 6) is 0.615. The predicted octanol–water partition coefficient (Wildman–Crippen LogP) is 4.84. The Labute approximate surface area is 166 Å². The van der Waals surface area contributed by atoms with E-state index in [0.29, 0.717) is 5.92 Å². The van der Waals surface area contributed by atoms with Gasteiger partial charge in [0.25, 0.3) is 0 Å². The van der Waals surface area contributed by atoms with Gasteiger partial charge in [0.15, 0.2) is 0 Å². The van der Waals surface area contributed by atoms with E-state index in [1.54, 1.807) is 0 Å². The summed E-state index contributed by atoms with van der Waals surface area (Å²) >= 11 is 0. The smallest absolute Gasteiger partial charge is 0.328 e. The van der Waals surface area contributed by atoms with Gasteiger partial charge in [0.05, 0.1) is 10.5 Å². The maximum Gasteiger partial charge on any atom is 0.416 e. The van der Waals surface area contributed by atoms with Crippen molar-refractivity contribution < 1.29 is 21.6 Å². The molecule has 28 heavy (non-hydrogen) atoms. The van der Waals surface area contributed by atoms with Crippen molar-refractivity contribution in [1.29, 1.82) is 0 Å². The summed E-state index contributed by atoms with van der Waals surface area (Å²) in [5, 5.41) is 0. The normalized spacial score (nSPS) is 22.2. The summed E-state index contributed by atoms with van der Waals surface area (Å²) in [6.45, 7) is 2.09. The molecule has 0 aliphatic heterocycles. The fraction of sp³-hybridized carbons (Fsp3) is 0.700. The maximum atomic E-state index is 12.6. The molecule has 0 heterocycles. The van der Waals surface area contributed by atoms with Gasteiger partial charge < -0.3 is 5.73 Å². The standard InChI is InChI=1S/C20H31F3N2O2S/c1-2-17(24)6-4-3-5-15-7-11-18(12-8-15)25-28(26,27)19-13-9-16(10-14-19)20(21,22)23/h9-10,13-15,17-18,25H,2-8,11-12,24H2,1H3. The molecule has 1 atom stereocenters. The Morgan fingerprint density at radius 3 is 2.25 bits per heavy atom. The number of rotatable bonds is 9. The molecule has 0 spiro atoms. The Balaban J connectivity index is 1.78. The summed E-state index contributed by atoms with van der Waals surface area (Å²) in [4.78, 5) is -0.130. The quantitative estimate of drug-likeness (QED) is 0.562. The van der Waals surface area contributed by atoms with Crippen LogP contribution in [0.5, 0.6) is 0 Å². The second kappa shape index (κ2) is 10.1. The molecular weight excluding hydrogens is 389 g/mol. The fourth-order valence-electron chi connectivity index (χ4n) is 3.72. The van der Waals surface area contributed by atoms with Crippen LogP contribution in [0.4, 0.5) is 13.2 Å². The predicted molar refractivity (Wildman–Crippen MR) is 104 cm³/mol. The third-order valence-electron chi connectivity index (χ3n) is 5.62. The van der Waals surface area contributed by atoms with Crippen molar-refractivity contribution in [2.45, 2.75) is 87.9 Å². The molecule has 160 valence electrons. The zero-order chi connectivity index (χ0) is 20.8. The van der Waals surface area contributed by atoms with Gasteiger partial charge in [0, 0.05) is 12.1 Å². The molecular formula is C20H31F3N2O2S. The second-order valence-corrected chi connectivity index (χ2v) is 9.53. The van der Waals surface area contributed by atoms with Crippen molar-refractivity contribution in [3.63, 3.8) is 0 Å². The van der Waals surface area contributed by atoms with E-state index in [0.717, 1.165) is 82.1 Å². The molecule has 1 unspecified atom stereocenters. The van der Waals surface area contributed by atoms with Crippen LogP contribution in [0.15, 0.2) is 29.2 Å². The van der Waals surface area contributed by atoms with Gasteiger partial charge in [-0.2, -0.15) is 13.2 Å². The Kier molecular flexibility index (Phi) is 8.33. The highest BCUT2D eigenvalue weighted by molar-refractivity contribution is 7.89. The minimum atomic E-state index is -4.48. The van der Waals surface area contributed by atoms with Gasteiger partial charge >= 0.3 is 6.18 Å². The molecule has 0 radical (unpaired) electrons. The number of sulfonamides is 1. The minimum Gasteiger partial charge on any atom is -0.328 e. The first-order valence-corrected chi connectivity index (χ1v) is 11.5. The van der Waals surface area contributed by atoms with E-state index in [1.165, 1.54) is 0 Å². The van der Waals surface area contributed by atoms with Crippen molar-refractivity contribution in [3.8, 4) is 0 Å². The summed E-state index contributed by atoms with van der Waals surface area (Å²) in [7, 11) is -3.80. The molecule has 8 heteroatoms. The lowest BCUT2D eigenvalue weighted by Crippen LogP contribution is -2.37. The number of hydrogen-bond acceptors (Lipinski definition) is 3. The minimum absolute atomic E-state index is 0.130. The summed E-state index contributed by atoms with van der Waals surface area (Å²) in [6, 6.07) is 3.76. The topological polar surface area (TPSA) is 72.2 Å². The number of halogens is 3. The van der Waals surface area contributed by atoms with Crippen molar-refractivity contribution in [3.05, 3.63) is 29.8 Å². The van der Waals surface area contributed by atoms with Crippen LogP contribution >= 0.6 is 0 Å². The molecule has 2 rings (SSSR count). The second-order valence-electron chi connectivity index (χ2n) is 7.81. The number of nitrogens with two attached hydrogens (primary N) is 1. The first-order valence-electron chi connectivity index (χ1n) is 10.1. The van der Waals surface area contributed by atoms with Gasteiger partial charge in [-0.05, 0) is 68.7 Å². The Bertz CT molecular complexity index is 697. The maximum absolute atomic E-state index is 12.6. The van der Waals surface area contributed by atoms with E-state index in [-0.39, 0.29) is 17.0 Å². The van der Waals surface area contributed by atoms with Crippen LogP contribution in [0.25, 0.3) is 0 Å². The summed E-state index contributed by atoms with van der Waals surface area (Å²) < 4.78 is 65.4. The highest BCUT2D eigenvalue weighted by Crippen LogP contribution is 2.31. The Morgan fingerprint density at radius 1 is 1.11 bits per heavy atom. The Hall–Kier alpha value is -1.12. The summed E-state index contributed by atoms with van der Waals surface area (Å²) in [6.07, 6.45) is 4.49. The van der Waals surface area contributed by atoms with Gasteiger partial charge in [0.2, 0.25) is 10.0 Å². The Morgan fingerprint density at radius 2 is 1.71 bits per heavy atom. The van der Waals surface area contributed by atoms with E-state index in [2.05, 4.69) is 11.6 Å². The van der Waals surface area contributed by atoms with Crippen molar-refractivity contribution in [1.82, 2.24) is 4.72 Å². The molecule has 1 aliphatic carbocycles. The SMILES string of the molecule is CCC(N)CCCCC1CCC(NS(=O)(=O)c2ccc(C(F)(F)F)cc2)CC1. The molecule has 1 saturated carbocycles.